The van der Waals surface area contributed by atoms with Crippen LogP contribution >= 0.6 is 22.6 Å². The smallest absolute Gasteiger partial charge is 0.0497 e. The first-order valence-corrected chi connectivity index (χ1v) is 5.65. The lowest BCUT2D eigenvalue weighted by Gasteiger charge is -2.10. The molecule has 0 spiro atoms. The molecule has 0 heterocycles. The van der Waals surface area contributed by atoms with E-state index in [-0.39, 0.29) is 12.5 Å². The molecule has 1 unspecified atom stereocenters. The molecule has 1 nitrogen and oxygen atoms in total. The Morgan fingerprint density at radius 2 is 2.08 bits per heavy atom. The Balaban J connectivity index is 3.01. The van der Waals surface area contributed by atoms with Gasteiger partial charge >= 0.3 is 0 Å². The Morgan fingerprint density at radius 1 is 1.38 bits per heavy atom. The minimum Gasteiger partial charge on any atom is -0.396 e. The zero-order chi connectivity index (χ0) is 9.84. The molecule has 1 aromatic rings. The lowest BCUT2D eigenvalue weighted by Crippen LogP contribution is -2.00. The van der Waals surface area contributed by atoms with E-state index in [1.54, 1.807) is 0 Å². The molecular weight excluding hydrogens is 275 g/mol. The van der Waals surface area contributed by atoms with Crippen LogP contribution < -0.4 is 0 Å². The van der Waals surface area contributed by atoms with E-state index < -0.39 is 0 Å². The Kier molecular flexibility index (Phi) is 4.19. The number of aliphatic hydroxyl groups excluding tert-OH is 1. The van der Waals surface area contributed by atoms with Gasteiger partial charge in [-0.2, -0.15) is 0 Å². The lowest BCUT2D eigenvalue weighted by atomic mass is 9.99. The maximum absolute atomic E-state index is 9.04. The van der Waals surface area contributed by atoms with E-state index in [1.165, 1.54) is 14.7 Å². The molecular formula is C11H15IO. The van der Waals surface area contributed by atoms with Crippen molar-refractivity contribution in [3.05, 3.63) is 32.9 Å². The summed E-state index contributed by atoms with van der Waals surface area (Å²) in [5, 5.41) is 9.04. The van der Waals surface area contributed by atoms with Crippen molar-refractivity contribution in [1.82, 2.24) is 0 Å². The van der Waals surface area contributed by atoms with Crippen molar-refractivity contribution < 1.29 is 5.11 Å². The summed E-state index contributed by atoms with van der Waals surface area (Å²) < 4.78 is 1.26. The number of aryl methyl sites for hydroxylation is 1. The normalized spacial score (nSPS) is 12.9. The molecule has 0 aliphatic heterocycles. The van der Waals surface area contributed by atoms with Crippen molar-refractivity contribution in [1.29, 1.82) is 0 Å². The molecule has 2 heteroatoms. The molecule has 1 rings (SSSR count). The van der Waals surface area contributed by atoms with Gasteiger partial charge in [0.1, 0.15) is 0 Å². The molecule has 0 radical (unpaired) electrons. The average molecular weight is 290 g/mol. The van der Waals surface area contributed by atoms with Gasteiger partial charge in [0.15, 0.2) is 0 Å². The first-order chi connectivity index (χ1) is 6.17. The van der Waals surface area contributed by atoms with E-state index in [0.29, 0.717) is 0 Å². The molecule has 0 amide bonds. The van der Waals surface area contributed by atoms with Crippen molar-refractivity contribution in [2.75, 3.05) is 6.61 Å². The van der Waals surface area contributed by atoms with Crippen molar-refractivity contribution in [2.24, 2.45) is 0 Å². The van der Waals surface area contributed by atoms with Crippen LogP contribution in [0, 0.1) is 3.57 Å². The summed E-state index contributed by atoms with van der Waals surface area (Å²) in [6, 6.07) is 6.51. The van der Waals surface area contributed by atoms with Gasteiger partial charge < -0.3 is 5.11 Å². The largest absolute Gasteiger partial charge is 0.396 e. The molecule has 0 saturated carbocycles. The van der Waals surface area contributed by atoms with Gasteiger partial charge in [0.25, 0.3) is 0 Å². The first kappa shape index (κ1) is 11.0. The molecule has 1 N–H and O–H groups in total. The summed E-state index contributed by atoms with van der Waals surface area (Å²) in [6.45, 7) is 4.42. The zero-order valence-corrected chi connectivity index (χ0v) is 10.2. The summed E-state index contributed by atoms with van der Waals surface area (Å²) in [7, 11) is 0. The summed E-state index contributed by atoms with van der Waals surface area (Å²) in [4.78, 5) is 0. The number of rotatable bonds is 3. The summed E-state index contributed by atoms with van der Waals surface area (Å²) in [6.07, 6.45) is 1.06. The van der Waals surface area contributed by atoms with Crippen LogP contribution in [0.4, 0.5) is 0 Å². The summed E-state index contributed by atoms with van der Waals surface area (Å²) in [5.74, 6) is 0.250. The predicted octanol–water partition coefficient (Wildman–Crippen LogP) is 2.95. The van der Waals surface area contributed by atoms with Gasteiger partial charge in [-0.15, -0.1) is 0 Å². The second-order valence-electron chi connectivity index (χ2n) is 3.33. The highest BCUT2D eigenvalue weighted by Crippen LogP contribution is 2.20. The van der Waals surface area contributed by atoms with Crippen LogP contribution in [-0.2, 0) is 6.42 Å². The minimum absolute atomic E-state index is 0.225. The minimum atomic E-state index is 0.225. The van der Waals surface area contributed by atoms with Crippen LogP contribution in [0.3, 0.4) is 0 Å². The maximum Gasteiger partial charge on any atom is 0.0497 e. The van der Waals surface area contributed by atoms with Crippen LogP contribution in [0.25, 0.3) is 0 Å². The molecule has 1 aromatic carbocycles. The van der Waals surface area contributed by atoms with Crippen molar-refractivity contribution in [3.8, 4) is 0 Å². The third-order valence-corrected chi connectivity index (χ3v) is 2.85. The SMILES string of the molecule is CCc1cc(I)cc(C(C)CO)c1. The van der Waals surface area contributed by atoms with E-state index in [2.05, 4.69) is 47.7 Å². The Morgan fingerprint density at radius 3 is 2.62 bits per heavy atom. The molecule has 0 aromatic heterocycles. The van der Waals surface area contributed by atoms with Crippen molar-refractivity contribution >= 4 is 22.6 Å². The van der Waals surface area contributed by atoms with Gasteiger partial charge in [0, 0.05) is 16.1 Å². The van der Waals surface area contributed by atoms with E-state index in [9.17, 15) is 0 Å². The Bertz CT molecular complexity index is 283. The van der Waals surface area contributed by atoms with Crippen molar-refractivity contribution in [2.45, 2.75) is 26.2 Å². The van der Waals surface area contributed by atoms with Crippen LogP contribution in [0.5, 0.6) is 0 Å². The molecule has 72 valence electrons. The van der Waals surface area contributed by atoms with E-state index in [0.717, 1.165) is 6.42 Å². The van der Waals surface area contributed by atoms with E-state index >= 15 is 0 Å². The van der Waals surface area contributed by atoms with Crippen LogP contribution in [0.1, 0.15) is 30.9 Å². The molecule has 0 aliphatic carbocycles. The highest BCUT2D eigenvalue weighted by atomic mass is 127. The second-order valence-corrected chi connectivity index (χ2v) is 4.58. The van der Waals surface area contributed by atoms with E-state index in [1.807, 2.05) is 6.92 Å². The van der Waals surface area contributed by atoms with Gasteiger partial charge in [-0.1, -0.05) is 19.9 Å². The van der Waals surface area contributed by atoms with Gasteiger partial charge in [0.2, 0.25) is 0 Å². The topological polar surface area (TPSA) is 20.2 Å². The molecule has 0 aliphatic rings. The third-order valence-electron chi connectivity index (χ3n) is 2.23. The predicted molar refractivity (Wildman–Crippen MR) is 64.0 cm³/mol. The fourth-order valence-electron chi connectivity index (χ4n) is 1.27. The first-order valence-electron chi connectivity index (χ1n) is 4.57. The number of aliphatic hydroxyl groups is 1. The zero-order valence-electron chi connectivity index (χ0n) is 8.05. The van der Waals surface area contributed by atoms with Crippen molar-refractivity contribution in [3.63, 3.8) is 0 Å². The third kappa shape index (κ3) is 2.95. The molecule has 0 fully saturated rings. The highest BCUT2D eigenvalue weighted by molar-refractivity contribution is 14.1. The maximum atomic E-state index is 9.04. The lowest BCUT2D eigenvalue weighted by molar-refractivity contribution is 0.273. The molecule has 0 saturated heterocycles. The number of halogens is 1. The Labute approximate surface area is 93.3 Å². The standard InChI is InChI=1S/C11H15IO/c1-3-9-4-10(8(2)7-13)6-11(12)5-9/h4-6,8,13H,3,7H2,1-2H3. The average Bonchev–Trinajstić information content (AvgIpc) is 2.15. The molecule has 13 heavy (non-hydrogen) atoms. The monoisotopic (exact) mass is 290 g/mol. The quantitative estimate of drug-likeness (QED) is 0.849. The second kappa shape index (κ2) is 4.96. The van der Waals surface area contributed by atoms with Gasteiger partial charge in [-0.25, -0.2) is 0 Å². The van der Waals surface area contributed by atoms with Crippen LogP contribution in [0.15, 0.2) is 18.2 Å². The van der Waals surface area contributed by atoms with Crippen LogP contribution in [-0.4, -0.2) is 11.7 Å². The highest BCUT2D eigenvalue weighted by Gasteiger charge is 2.05. The van der Waals surface area contributed by atoms with Gasteiger partial charge in [-0.05, 0) is 52.3 Å². The summed E-state index contributed by atoms with van der Waals surface area (Å²) in [5.41, 5.74) is 2.59. The van der Waals surface area contributed by atoms with Crippen LogP contribution in [0.2, 0.25) is 0 Å². The fraction of sp³-hybridized carbons (Fsp3) is 0.455. The Hall–Kier alpha value is -0.0900. The van der Waals surface area contributed by atoms with Gasteiger partial charge in [-0.3, -0.25) is 0 Å². The number of benzene rings is 1. The van der Waals surface area contributed by atoms with E-state index in [4.69, 9.17) is 5.11 Å². The summed E-state index contributed by atoms with van der Waals surface area (Å²) >= 11 is 2.32. The molecule has 1 atom stereocenters. The number of hydrogen-bond donors (Lipinski definition) is 1. The van der Waals surface area contributed by atoms with Gasteiger partial charge in [0.05, 0.1) is 0 Å². The molecule has 0 bridgehead atoms. The number of hydrogen-bond acceptors (Lipinski definition) is 1. The fourth-order valence-corrected chi connectivity index (χ4v) is 2.03.